The van der Waals surface area contributed by atoms with Crippen LogP contribution in [0.2, 0.25) is 5.02 Å². The molecule has 0 unspecified atom stereocenters. The fourth-order valence-corrected chi connectivity index (χ4v) is 1.20. The van der Waals surface area contributed by atoms with Crippen LogP contribution >= 0.6 is 11.6 Å². The van der Waals surface area contributed by atoms with Crippen molar-refractivity contribution in [3.05, 3.63) is 40.4 Å². The van der Waals surface area contributed by atoms with Crippen LogP contribution in [0.5, 0.6) is 0 Å². The van der Waals surface area contributed by atoms with Gasteiger partial charge in [0.05, 0.1) is 5.56 Å². The van der Waals surface area contributed by atoms with Gasteiger partial charge in [0.2, 0.25) is 5.91 Å². The molecule has 1 amide bonds. The summed E-state index contributed by atoms with van der Waals surface area (Å²) < 4.78 is 0. The van der Waals surface area contributed by atoms with Gasteiger partial charge in [-0.15, -0.1) is 0 Å². The molecule has 0 aliphatic heterocycles. The van der Waals surface area contributed by atoms with Crippen LogP contribution in [0, 0.1) is 0 Å². The van der Waals surface area contributed by atoms with Gasteiger partial charge in [-0.1, -0.05) is 17.7 Å². The molecule has 0 saturated heterocycles. The number of halogens is 1. The third kappa shape index (κ3) is 3.11. The molecule has 4 nitrogen and oxygen atoms in total. The second-order valence-corrected chi connectivity index (χ2v) is 3.21. The van der Waals surface area contributed by atoms with Gasteiger partial charge >= 0.3 is 5.97 Å². The number of rotatable bonds is 3. The maximum Gasteiger partial charge on any atom is 0.336 e. The van der Waals surface area contributed by atoms with Gasteiger partial charge in [0.1, 0.15) is 0 Å². The number of hydrogen-bond donors (Lipinski definition) is 2. The van der Waals surface area contributed by atoms with Gasteiger partial charge in [-0.3, -0.25) is 4.79 Å². The van der Waals surface area contributed by atoms with Gasteiger partial charge < -0.3 is 10.8 Å². The van der Waals surface area contributed by atoms with Crippen LogP contribution in [-0.2, 0) is 4.79 Å². The molecule has 0 atom stereocenters. The van der Waals surface area contributed by atoms with E-state index in [1.165, 1.54) is 24.3 Å². The number of carboxylic acid groups (broad SMARTS) is 1. The monoisotopic (exact) mass is 225 g/mol. The lowest BCUT2D eigenvalue weighted by molar-refractivity contribution is -0.113. The first-order chi connectivity index (χ1) is 7.00. The van der Waals surface area contributed by atoms with Gasteiger partial charge in [0.15, 0.2) is 0 Å². The van der Waals surface area contributed by atoms with Crippen LogP contribution in [0.25, 0.3) is 6.08 Å². The van der Waals surface area contributed by atoms with E-state index in [1.807, 2.05) is 0 Å². The average Bonchev–Trinajstić information content (AvgIpc) is 2.15. The topological polar surface area (TPSA) is 80.4 Å². The zero-order chi connectivity index (χ0) is 11.4. The van der Waals surface area contributed by atoms with Gasteiger partial charge in [-0.2, -0.15) is 0 Å². The molecule has 5 heteroatoms. The summed E-state index contributed by atoms with van der Waals surface area (Å²) in [5, 5.41) is 9.17. The molecule has 78 valence electrons. The highest BCUT2D eigenvalue weighted by molar-refractivity contribution is 6.31. The minimum Gasteiger partial charge on any atom is -0.478 e. The second-order valence-electron chi connectivity index (χ2n) is 2.77. The van der Waals surface area contributed by atoms with E-state index in [0.717, 1.165) is 6.08 Å². The zero-order valence-corrected chi connectivity index (χ0v) is 8.36. The van der Waals surface area contributed by atoms with Crippen molar-refractivity contribution < 1.29 is 14.7 Å². The van der Waals surface area contributed by atoms with Crippen molar-refractivity contribution in [1.82, 2.24) is 0 Å². The molecular weight excluding hydrogens is 218 g/mol. The van der Waals surface area contributed by atoms with E-state index >= 15 is 0 Å². The Labute approximate surface area is 91.0 Å². The SMILES string of the molecule is NC(=O)C=Cc1ccc(Cl)cc1C(=O)O. The summed E-state index contributed by atoms with van der Waals surface area (Å²) in [5.41, 5.74) is 5.31. The lowest BCUT2D eigenvalue weighted by Gasteiger charge is -2.00. The summed E-state index contributed by atoms with van der Waals surface area (Å²) in [5.74, 6) is -1.75. The predicted octanol–water partition coefficient (Wildman–Crippen LogP) is 1.54. The van der Waals surface area contributed by atoms with Crippen molar-refractivity contribution in [1.29, 1.82) is 0 Å². The molecule has 0 bridgehead atoms. The van der Waals surface area contributed by atoms with Crippen LogP contribution in [0.15, 0.2) is 24.3 Å². The number of carboxylic acids is 1. The molecule has 0 aliphatic rings. The van der Waals surface area contributed by atoms with Crippen LogP contribution in [0.4, 0.5) is 0 Å². The number of carbonyl (C=O) groups excluding carboxylic acids is 1. The Morgan fingerprint density at radius 1 is 1.40 bits per heavy atom. The van der Waals surface area contributed by atoms with Crippen LogP contribution < -0.4 is 5.73 Å². The molecule has 0 aromatic heterocycles. The quantitative estimate of drug-likeness (QED) is 0.766. The van der Waals surface area contributed by atoms with Crippen molar-refractivity contribution in [2.24, 2.45) is 5.73 Å². The molecule has 0 aliphatic carbocycles. The van der Waals surface area contributed by atoms with Crippen molar-refractivity contribution >= 4 is 29.6 Å². The molecule has 0 fully saturated rings. The Kier molecular flexibility index (Phi) is 3.46. The number of carbonyl (C=O) groups is 2. The highest BCUT2D eigenvalue weighted by atomic mass is 35.5. The van der Waals surface area contributed by atoms with Gasteiger partial charge in [-0.05, 0) is 23.8 Å². The standard InChI is InChI=1S/C10H8ClNO3/c11-7-3-1-6(2-4-9(12)13)8(5-7)10(14)15/h1-5H,(H2,12,13)(H,14,15). The Hall–Kier alpha value is -1.81. The number of amides is 1. The number of benzene rings is 1. The van der Waals surface area contributed by atoms with Crippen molar-refractivity contribution in [3.63, 3.8) is 0 Å². The minimum absolute atomic E-state index is 0.0278. The number of aromatic carboxylic acids is 1. The van der Waals surface area contributed by atoms with Crippen LogP contribution in [0.3, 0.4) is 0 Å². The molecule has 3 N–H and O–H groups in total. The summed E-state index contributed by atoms with van der Waals surface area (Å²) in [6.07, 6.45) is 2.43. The number of hydrogen-bond acceptors (Lipinski definition) is 2. The number of nitrogens with two attached hydrogens (primary N) is 1. The highest BCUT2D eigenvalue weighted by Gasteiger charge is 2.08. The van der Waals surface area contributed by atoms with Gasteiger partial charge in [0.25, 0.3) is 0 Å². The smallest absolute Gasteiger partial charge is 0.336 e. The Morgan fingerprint density at radius 2 is 2.07 bits per heavy atom. The third-order valence-corrected chi connectivity index (χ3v) is 1.91. The molecule has 0 radical (unpaired) electrons. The largest absolute Gasteiger partial charge is 0.478 e. The second kappa shape index (κ2) is 4.61. The molecule has 1 aromatic rings. The molecule has 1 aromatic carbocycles. The van der Waals surface area contributed by atoms with Gasteiger partial charge in [0, 0.05) is 11.1 Å². The molecule has 1 rings (SSSR count). The first-order valence-corrected chi connectivity index (χ1v) is 4.39. The lowest BCUT2D eigenvalue weighted by Crippen LogP contribution is -2.06. The Balaban J connectivity index is 3.17. The molecule has 0 spiro atoms. The maximum absolute atomic E-state index is 10.8. The first-order valence-electron chi connectivity index (χ1n) is 4.01. The van der Waals surface area contributed by atoms with E-state index in [4.69, 9.17) is 22.4 Å². The van der Waals surface area contributed by atoms with Crippen LogP contribution in [-0.4, -0.2) is 17.0 Å². The first kappa shape index (κ1) is 11.3. The van der Waals surface area contributed by atoms with E-state index in [2.05, 4.69) is 0 Å². The minimum atomic E-state index is -1.11. The fourth-order valence-electron chi connectivity index (χ4n) is 1.03. The maximum atomic E-state index is 10.8. The van der Waals surface area contributed by atoms with Gasteiger partial charge in [-0.25, -0.2) is 4.79 Å². The van der Waals surface area contributed by atoms with E-state index in [-0.39, 0.29) is 5.56 Å². The molecular formula is C10H8ClNO3. The highest BCUT2D eigenvalue weighted by Crippen LogP contribution is 2.17. The zero-order valence-electron chi connectivity index (χ0n) is 7.61. The predicted molar refractivity (Wildman–Crippen MR) is 56.6 cm³/mol. The lowest BCUT2D eigenvalue weighted by atomic mass is 10.1. The van der Waals surface area contributed by atoms with E-state index < -0.39 is 11.9 Å². The Bertz CT molecular complexity index is 440. The van der Waals surface area contributed by atoms with E-state index in [0.29, 0.717) is 10.6 Å². The molecule has 15 heavy (non-hydrogen) atoms. The normalized spacial score (nSPS) is 10.5. The van der Waals surface area contributed by atoms with Crippen LogP contribution in [0.1, 0.15) is 15.9 Å². The third-order valence-electron chi connectivity index (χ3n) is 1.67. The summed E-state index contributed by atoms with van der Waals surface area (Å²) >= 11 is 5.64. The Morgan fingerprint density at radius 3 is 2.60 bits per heavy atom. The summed E-state index contributed by atoms with van der Waals surface area (Å²) in [6, 6.07) is 4.35. The number of primary amides is 1. The summed E-state index contributed by atoms with van der Waals surface area (Å²) in [6.45, 7) is 0. The van der Waals surface area contributed by atoms with Crippen molar-refractivity contribution in [2.45, 2.75) is 0 Å². The van der Waals surface area contributed by atoms with Crippen molar-refractivity contribution in [3.8, 4) is 0 Å². The van der Waals surface area contributed by atoms with E-state index in [1.54, 1.807) is 0 Å². The average molecular weight is 226 g/mol. The fraction of sp³-hybridized carbons (Fsp3) is 0. The van der Waals surface area contributed by atoms with Crippen molar-refractivity contribution in [2.75, 3.05) is 0 Å². The molecule has 0 saturated carbocycles. The van der Waals surface area contributed by atoms with E-state index in [9.17, 15) is 9.59 Å². The summed E-state index contributed by atoms with van der Waals surface area (Å²) in [7, 11) is 0. The summed E-state index contributed by atoms with van der Waals surface area (Å²) in [4.78, 5) is 21.3. The molecule has 0 heterocycles.